The molecule has 24 heavy (non-hydrogen) atoms. The first kappa shape index (κ1) is 16.2. The molecule has 1 N–H and O–H groups in total. The normalized spacial score (nSPS) is 11.3. The predicted molar refractivity (Wildman–Crippen MR) is 95.7 cm³/mol. The fourth-order valence-electron chi connectivity index (χ4n) is 3.23. The van der Waals surface area contributed by atoms with E-state index in [4.69, 9.17) is 0 Å². The van der Waals surface area contributed by atoms with Crippen LogP contribution in [-0.4, -0.2) is 20.6 Å². The fourth-order valence-corrected chi connectivity index (χ4v) is 3.23. The molecule has 3 rings (SSSR count). The summed E-state index contributed by atoms with van der Waals surface area (Å²) in [5, 5.41) is 10.7. The first-order valence-electron chi connectivity index (χ1n) is 8.31. The first-order valence-corrected chi connectivity index (χ1v) is 8.31. The third-order valence-corrected chi connectivity index (χ3v) is 4.45. The Morgan fingerprint density at radius 1 is 1.25 bits per heavy atom. The molecule has 0 saturated carbocycles. The number of carboxylic acid groups (broad SMARTS) is 1. The number of hydrogen-bond acceptors (Lipinski definition) is 2. The Labute approximate surface area is 141 Å². The molecule has 3 aromatic rings. The smallest absolute Gasteiger partial charge is 0.352 e. The van der Waals surface area contributed by atoms with Gasteiger partial charge in [-0.2, -0.15) is 0 Å². The van der Waals surface area contributed by atoms with Gasteiger partial charge in [-0.25, -0.2) is 4.79 Å². The molecule has 0 saturated heterocycles. The average molecular weight is 322 g/mol. The average Bonchev–Trinajstić information content (AvgIpc) is 2.94. The van der Waals surface area contributed by atoms with Gasteiger partial charge in [-0.3, -0.25) is 4.98 Å². The van der Waals surface area contributed by atoms with Crippen molar-refractivity contribution < 1.29 is 9.90 Å². The number of aromatic carboxylic acids is 1. The summed E-state index contributed by atoms with van der Waals surface area (Å²) in [4.78, 5) is 16.2. The van der Waals surface area contributed by atoms with Crippen LogP contribution in [0.25, 0.3) is 10.9 Å². The van der Waals surface area contributed by atoms with Gasteiger partial charge in [0, 0.05) is 11.6 Å². The van der Waals surface area contributed by atoms with Crippen LogP contribution in [-0.2, 0) is 13.0 Å². The summed E-state index contributed by atoms with van der Waals surface area (Å²) in [6.45, 7) is 6.83. The van der Waals surface area contributed by atoms with E-state index in [0.717, 1.165) is 23.0 Å². The lowest BCUT2D eigenvalue weighted by Crippen LogP contribution is -2.11. The van der Waals surface area contributed by atoms with Crippen LogP contribution in [0, 0.1) is 0 Å². The highest BCUT2D eigenvalue weighted by Gasteiger charge is 2.20. The maximum Gasteiger partial charge on any atom is 0.352 e. The number of rotatable bonds is 5. The number of fused-ring (bicyclic) bond motifs is 1. The Balaban J connectivity index is 2.31. The van der Waals surface area contributed by atoms with E-state index in [1.54, 1.807) is 6.20 Å². The SMILES string of the molecule is CCc1ccc(C(C)C)c2c1cc(C(=O)O)n2Cc1ccccn1. The van der Waals surface area contributed by atoms with Crippen LogP contribution in [0.4, 0.5) is 0 Å². The van der Waals surface area contributed by atoms with Crippen LogP contribution in [0.1, 0.15) is 54.0 Å². The van der Waals surface area contributed by atoms with Gasteiger partial charge in [0.05, 0.1) is 17.8 Å². The monoisotopic (exact) mass is 322 g/mol. The van der Waals surface area contributed by atoms with E-state index in [2.05, 4.69) is 37.9 Å². The Morgan fingerprint density at radius 3 is 2.62 bits per heavy atom. The molecule has 0 unspecified atom stereocenters. The zero-order chi connectivity index (χ0) is 17.3. The standard InChI is InChI=1S/C20H22N2O2/c1-4-14-8-9-16(13(2)3)19-17(14)11-18(20(23)24)22(19)12-15-7-5-6-10-21-15/h5-11,13H,4,12H2,1-3H3,(H,23,24). The second kappa shape index (κ2) is 6.48. The highest BCUT2D eigenvalue weighted by Crippen LogP contribution is 2.32. The Morgan fingerprint density at radius 2 is 2.04 bits per heavy atom. The molecule has 4 heteroatoms. The van der Waals surface area contributed by atoms with Crippen molar-refractivity contribution in [1.29, 1.82) is 0 Å². The second-order valence-corrected chi connectivity index (χ2v) is 6.33. The molecule has 0 bridgehead atoms. The number of nitrogens with zero attached hydrogens (tertiary/aromatic N) is 2. The Hall–Kier alpha value is -2.62. The number of hydrogen-bond donors (Lipinski definition) is 1. The molecule has 2 aromatic heterocycles. The fraction of sp³-hybridized carbons (Fsp3) is 0.300. The van der Waals surface area contributed by atoms with Crippen LogP contribution in [0.2, 0.25) is 0 Å². The number of pyridine rings is 1. The summed E-state index contributed by atoms with van der Waals surface area (Å²) in [6, 6.07) is 11.8. The van der Waals surface area contributed by atoms with Crippen LogP contribution in [0.15, 0.2) is 42.6 Å². The second-order valence-electron chi connectivity index (χ2n) is 6.33. The summed E-state index contributed by atoms with van der Waals surface area (Å²) in [5.41, 5.74) is 4.54. The zero-order valence-electron chi connectivity index (χ0n) is 14.3. The van der Waals surface area contributed by atoms with Crippen LogP contribution in [0.5, 0.6) is 0 Å². The third-order valence-electron chi connectivity index (χ3n) is 4.45. The van der Waals surface area contributed by atoms with Crippen molar-refractivity contribution >= 4 is 16.9 Å². The van der Waals surface area contributed by atoms with E-state index < -0.39 is 5.97 Å². The summed E-state index contributed by atoms with van der Waals surface area (Å²) in [5.74, 6) is -0.587. The van der Waals surface area contributed by atoms with E-state index in [1.165, 1.54) is 11.1 Å². The maximum atomic E-state index is 11.8. The number of carboxylic acids is 1. The minimum absolute atomic E-state index is 0.317. The molecule has 0 amide bonds. The lowest BCUT2D eigenvalue weighted by atomic mass is 9.97. The highest BCUT2D eigenvalue weighted by atomic mass is 16.4. The molecule has 0 fully saturated rings. The van der Waals surface area contributed by atoms with Crippen LogP contribution >= 0.6 is 0 Å². The third kappa shape index (κ3) is 2.80. The van der Waals surface area contributed by atoms with Crippen molar-refractivity contribution in [3.05, 3.63) is 65.1 Å². The summed E-state index contributed by atoms with van der Waals surface area (Å²) >= 11 is 0. The van der Waals surface area contributed by atoms with Gasteiger partial charge in [-0.1, -0.05) is 39.0 Å². The Kier molecular flexibility index (Phi) is 4.38. The van der Waals surface area contributed by atoms with Crippen molar-refractivity contribution in [3.8, 4) is 0 Å². The highest BCUT2D eigenvalue weighted by molar-refractivity contribution is 5.97. The minimum atomic E-state index is -0.904. The molecule has 1 aromatic carbocycles. The molecule has 0 atom stereocenters. The van der Waals surface area contributed by atoms with Gasteiger partial charge < -0.3 is 9.67 Å². The number of aromatic nitrogens is 2. The van der Waals surface area contributed by atoms with E-state index in [-0.39, 0.29) is 0 Å². The van der Waals surface area contributed by atoms with E-state index >= 15 is 0 Å². The summed E-state index contributed by atoms with van der Waals surface area (Å²) in [7, 11) is 0. The van der Waals surface area contributed by atoms with Gasteiger partial charge in [0.25, 0.3) is 0 Å². The molecule has 0 aliphatic heterocycles. The molecular formula is C20H22N2O2. The van der Waals surface area contributed by atoms with Crippen LogP contribution in [0.3, 0.4) is 0 Å². The van der Waals surface area contributed by atoms with E-state index in [1.807, 2.05) is 28.8 Å². The zero-order valence-corrected chi connectivity index (χ0v) is 14.3. The van der Waals surface area contributed by atoms with Gasteiger partial charge >= 0.3 is 5.97 Å². The summed E-state index contributed by atoms with van der Waals surface area (Å²) in [6.07, 6.45) is 2.61. The molecule has 0 aliphatic rings. The van der Waals surface area contributed by atoms with Gasteiger partial charge in [0.2, 0.25) is 0 Å². The minimum Gasteiger partial charge on any atom is -0.477 e. The molecule has 0 aliphatic carbocycles. The molecular weight excluding hydrogens is 300 g/mol. The van der Waals surface area contributed by atoms with Crippen molar-refractivity contribution in [2.75, 3.05) is 0 Å². The van der Waals surface area contributed by atoms with Gasteiger partial charge in [0.1, 0.15) is 5.69 Å². The number of aryl methyl sites for hydroxylation is 1. The van der Waals surface area contributed by atoms with Crippen LogP contribution < -0.4 is 0 Å². The summed E-state index contributed by atoms with van der Waals surface area (Å²) < 4.78 is 1.90. The lowest BCUT2D eigenvalue weighted by molar-refractivity contribution is 0.0686. The molecule has 4 nitrogen and oxygen atoms in total. The maximum absolute atomic E-state index is 11.8. The quantitative estimate of drug-likeness (QED) is 0.754. The predicted octanol–water partition coefficient (Wildman–Crippen LogP) is 4.47. The Bertz CT molecular complexity index is 880. The van der Waals surface area contributed by atoms with Gasteiger partial charge in [-0.05, 0) is 41.7 Å². The molecule has 0 radical (unpaired) electrons. The topological polar surface area (TPSA) is 55.1 Å². The lowest BCUT2D eigenvalue weighted by Gasteiger charge is -2.15. The molecule has 2 heterocycles. The first-order chi connectivity index (χ1) is 11.5. The van der Waals surface area contributed by atoms with E-state index in [9.17, 15) is 9.90 Å². The van der Waals surface area contributed by atoms with Crippen molar-refractivity contribution in [2.45, 2.75) is 39.7 Å². The van der Waals surface area contributed by atoms with Gasteiger partial charge in [0.15, 0.2) is 0 Å². The van der Waals surface area contributed by atoms with Crippen molar-refractivity contribution in [1.82, 2.24) is 9.55 Å². The number of benzene rings is 1. The van der Waals surface area contributed by atoms with E-state index in [0.29, 0.717) is 18.2 Å². The number of carbonyl (C=O) groups is 1. The van der Waals surface area contributed by atoms with Gasteiger partial charge in [-0.15, -0.1) is 0 Å². The molecule has 124 valence electrons. The van der Waals surface area contributed by atoms with Crippen molar-refractivity contribution in [3.63, 3.8) is 0 Å². The largest absolute Gasteiger partial charge is 0.477 e. The molecule has 0 spiro atoms. The van der Waals surface area contributed by atoms with Crippen molar-refractivity contribution in [2.24, 2.45) is 0 Å².